The van der Waals surface area contributed by atoms with Crippen LogP contribution in [-0.2, 0) is 4.79 Å². The highest BCUT2D eigenvalue weighted by atomic mass is 35.5. The molecule has 3 heterocycles. The van der Waals surface area contributed by atoms with Crippen molar-refractivity contribution >= 4 is 35.0 Å². The molecule has 2 amide bonds. The van der Waals surface area contributed by atoms with Gasteiger partial charge in [-0.3, -0.25) is 9.59 Å². The Balaban J connectivity index is 1.32. The summed E-state index contributed by atoms with van der Waals surface area (Å²) in [6, 6.07) is 12.6. The number of benzene rings is 2. The van der Waals surface area contributed by atoms with E-state index >= 15 is 0 Å². The monoisotopic (exact) mass is 528 g/mol. The highest BCUT2D eigenvalue weighted by Crippen LogP contribution is 2.32. The summed E-state index contributed by atoms with van der Waals surface area (Å²) in [4.78, 5) is 30.7. The topological polar surface area (TPSA) is 64.7 Å². The van der Waals surface area contributed by atoms with Gasteiger partial charge in [-0.15, -0.1) is 0 Å². The predicted octanol–water partition coefficient (Wildman–Crippen LogP) is 4.51. The summed E-state index contributed by atoms with van der Waals surface area (Å²) < 4.78 is 0. The smallest absolute Gasteiger partial charge is 0.254 e. The van der Waals surface area contributed by atoms with Crippen LogP contribution < -0.4 is 10.6 Å². The fraction of sp³-hybridized carbons (Fsp3) is 0.500. The van der Waals surface area contributed by atoms with E-state index in [-0.39, 0.29) is 17.9 Å². The number of amides is 2. The second kappa shape index (κ2) is 10.7. The largest absolute Gasteiger partial charge is 0.334 e. The van der Waals surface area contributed by atoms with Gasteiger partial charge in [-0.25, -0.2) is 0 Å². The van der Waals surface area contributed by atoms with E-state index in [4.69, 9.17) is 23.2 Å². The highest BCUT2D eigenvalue weighted by molar-refractivity contribution is 6.42. The highest BCUT2D eigenvalue weighted by Gasteiger charge is 2.36. The number of fused-ring (bicyclic) bond motifs is 2. The molecule has 3 fully saturated rings. The molecule has 36 heavy (non-hydrogen) atoms. The molecule has 5 rings (SSSR count). The van der Waals surface area contributed by atoms with Gasteiger partial charge in [0.1, 0.15) is 0 Å². The number of nitrogens with zero attached hydrogens (tertiary/aromatic N) is 2. The zero-order valence-electron chi connectivity index (χ0n) is 20.9. The average molecular weight is 530 g/mol. The average Bonchev–Trinajstić information content (AvgIpc) is 3.20. The normalized spacial score (nSPS) is 25.8. The van der Waals surface area contributed by atoms with Crippen molar-refractivity contribution in [2.45, 2.75) is 63.7 Å². The molecule has 0 aromatic heterocycles. The van der Waals surface area contributed by atoms with Gasteiger partial charge in [-0.2, -0.15) is 0 Å². The lowest BCUT2D eigenvalue weighted by Gasteiger charge is -2.42. The summed E-state index contributed by atoms with van der Waals surface area (Å²) in [6.07, 6.45) is 4.59. The number of rotatable bonds is 5. The van der Waals surface area contributed by atoms with Crippen molar-refractivity contribution in [2.75, 3.05) is 26.2 Å². The first-order valence-electron chi connectivity index (χ1n) is 12.9. The zero-order valence-corrected chi connectivity index (χ0v) is 22.4. The molecule has 3 aliphatic heterocycles. The number of carbonyl (C=O) groups excluding carboxylic acids is 2. The Morgan fingerprint density at radius 3 is 2.33 bits per heavy atom. The molecule has 6 nitrogen and oxygen atoms in total. The molecule has 3 saturated heterocycles. The molecule has 3 atom stereocenters. The van der Waals surface area contributed by atoms with Crippen LogP contribution in [0, 0.1) is 13.8 Å². The summed E-state index contributed by atoms with van der Waals surface area (Å²) in [5, 5.41) is 8.09. The van der Waals surface area contributed by atoms with Crippen LogP contribution in [0.4, 0.5) is 0 Å². The third kappa shape index (κ3) is 5.57. The summed E-state index contributed by atoms with van der Waals surface area (Å²) in [5.74, 6) is 0.0396. The SMILES string of the molecule is Cc1cc(C)cc(C(=O)N2CCN(C(=O)CNC3C[C@@H]4CC[C@@H](C3)N4)[C@H](c3ccc(Cl)c(Cl)c3)C2)c1. The Bertz CT molecular complexity index is 1120. The van der Waals surface area contributed by atoms with Crippen molar-refractivity contribution in [3.05, 3.63) is 68.7 Å². The van der Waals surface area contributed by atoms with Gasteiger partial charge in [0.2, 0.25) is 5.91 Å². The van der Waals surface area contributed by atoms with Gasteiger partial charge in [0.25, 0.3) is 5.91 Å². The Hall–Kier alpha value is -2.12. The van der Waals surface area contributed by atoms with Crippen molar-refractivity contribution in [3.8, 4) is 0 Å². The Labute approximate surface area is 223 Å². The molecule has 0 unspecified atom stereocenters. The second-order valence-corrected chi connectivity index (χ2v) is 11.4. The van der Waals surface area contributed by atoms with Gasteiger partial charge in [-0.1, -0.05) is 46.5 Å². The summed E-state index contributed by atoms with van der Waals surface area (Å²) in [6.45, 7) is 5.67. The Morgan fingerprint density at radius 2 is 1.67 bits per heavy atom. The summed E-state index contributed by atoms with van der Waals surface area (Å²) in [5.41, 5.74) is 3.69. The molecule has 8 heteroatoms. The van der Waals surface area contributed by atoms with Gasteiger partial charge in [0.05, 0.1) is 22.6 Å². The van der Waals surface area contributed by atoms with Crippen LogP contribution in [0.3, 0.4) is 0 Å². The van der Waals surface area contributed by atoms with E-state index in [0.717, 1.165) is 29.5 Å². The summed E-state index contributed by atoms with van der Waals surface area (Å²) >= 11 is 12.5. The van der Waals surface area contributed by atoms with Gasteiger partial charge in [0.15, 0.2) is 0 Å². The fourth-order valence-electron chi connectivity index (χ4n) is 6.11. The van der Waals surface area contributed by atoms with E-state index in [0.29, 0.717) is 59.9 Å². The number of piperidine rings is 1. The van der Waals surface area contributed by atoms with Crippen molar-refractivity contribution in [1.29, 1.82) is 0 Å². The minimum Gasteiger partial charge on any atom is -0.334 e. The number of hydrogen-bond acceptors (Lipinski definition) is 4. The van der Waals surface area contributed by atoms with Crippen LogP contribution in [0.15, 0.2) is 36.4 Å². The lowest BCUT2D eigenvalue weighted by atomic mass is 9.99. The number of hydrogen-bond donors (Lipinski definition) is 2. The van der Waals surface area contributed by atoms with Crippen LogP contribution in [0.5, 0.6) is 0 Å². The minimum absolute atomic E-state index is 0.0118. The third-order valence-electron chi connectivity index (χ3n) is 7.80. The van der Waals surface area contributed by atoms with E-state index in [1.807, 2.05) is 47.9 Å². The predicted molar refractivity (Wildman–Crippen MR) is 144 cm³/mol. The number of carbonyl (C=O) groups is 2. The van der Waals surface area contributed by atoms with Crippen molar-refractivity contribution in [2.24, 2.45) is 0 Å². The molecule has 3 aliphatic rings. The molecule has 192 valence electrons. The van der Waals surface area contributed by atoms with E-state index < -0.39 is 0 Å². The molecule has 2 aromatic carbocycles. The fourth-order valence-corrected chi connectivity index (χ4v) is 6.42. The van der Waals surface area contributed by atoms with E-state index in [1.54, 1.807) is 6.07 Å². The maximum atomic E-state index is 13.5. The first-order valence-corrected chi connectivity index (χ1v) is 13.6. The van der Waals surface area contributed by atoms with Gasteiger partial charge < -0.3 is 20.4 Å². The van der Waals surface area contributed by atoms with Crippen LogP contribution in [-0.4, -0.2) is 65.9 Å². The quantitative estimate of drug-likeness (QED) is 0.599. The molecule has 0 radical (unpaired) electrons. The molecule has 2 bridgehead atoms. The first-order chi connectivity index (χ1) is 17.3. The lowest BCUT2D eigenvalue weighted by Crippen LogP contribution is -2.55. The van der Waals surface area contributed by atoms with Gasteiger partial charge >= 0.3 is 0 Å². The van der Waals surface area contributed by atoms with Gasteiger partial charge in [-0.05, 0) is 69.4 Å². The third-order valence-corrected chi connectivity index (χ3v) is 8.54. The standard InChI is InChI=1S/C28H34Cl2N4O2/c1-17-9-18(2)11-20(10-17)28(36)33-7-8-34(26(16-33)19-3-6-24(29)25(30)12-19)27(35)15-31-23-13-21-4-5-22(14-23)32-21/h3,6,9-12,21-23,26,31-32H,4-5,7-8,13-16H2,1-2H3/t21-,22-,26-/m0/s1. The number of halogens is 2. The lowest BCUT2D eigenvalue weighted by molar-refractivity contribution is -0.135. The van der Waals surface area contributed by atoms with E-state index in [1.165, 1.54) is 12.8 Å². The maximum absolute atomic E-state index is 13.5. The zero-order chi connectivity index (χ0) is 25.4. The molecule has 2 N–H and O–H groups in total. The van der Waals surface area contributed by atoms with E-state index in [9.17, 15) is 9.59 Å². The molecule has 0 aliphatic carbocycles. The summed E-state index contributed by atoms with van der Waals surface area (Å²) in [7, 11) is 0. The first kappa shape index (κ1) is 25.5. The van der Waals surface area contributed by atoms with Crippen LogP contribution in [0.1, 0.15) is 58.8 Å². The second-order valence-electron chi connectivity index (χ2n) is 10.6. The number of nitrogens with one attached hydrogen (secondary N) is 2. The van der Waals surface area contributed by atoms with Crippen molar-refractivity contribution in [3.63, 3.8) is 0 Å². The molecule has 0 spiro atoms. The molecule has 0 saturated carbocycles. The van der Waals surface area contributed by atoms with Crippen LogP contribution >= 0.6 is 23.2 Å². The Morgan fingerprint density at radius 1 is 0.972 bits per heavy atom. The van der Waals surface area contributed by atoms with Crippen LogP contribution in [0.2, 0.25) is 10.0 Å². The number of piperazine rings is 1. The molecular formula is C28H34Cl2N4O2. The van der Waals surface area contributed by atoms with Crippen molar-refractivity contribution in [1.82, 2.24) is 20.4 Å². The van der Waals surface area contributed by atoms with Crippen LogP contribution in [0.25, 0.3) is 0 Å². The van der Waals surface area contributed by atoms with Gasteiger partial charge in [0, 0.05) is 43.3 Å². The molecule has 2 aromatic rings. The van der Waals surface area contributed by atoms with E-state index in [2.05, 4.69) is 16.7 Å². The molecular weight excluding hydrogens is 495 g/mol. The minimum atomic E-state index is -0.290. The number of aryl methyl sites for hydroxylation is 2. The Kier molecular flexibility index (Phi) is 7.59. The van der Waals surface area contributed by atoms with Crippen molar-refractivity contribution < 1.29 is 9.59 Å². The maximum Gasteiger partial charge on any atom is 0.254 e.